The van der Waals surface area contributed by atoms with Crippen LogP contribution in [-0.2, 0) is 16.0 Å². The van der Waals surface area contributed by atoms with E-state index in [2.05, 4.69) is 4.74 Å². The molecule has 0 heterocycles. The second-order valence-corrected chi connectivity index (χ2v) is 3.25. The number of phenolic OH excluding ortho intramolecular Hbond substituents is 1. The minimum Gasteiger partial charge on any atom is -0.497 e. The van der Waals surface area contributed by atoms with Gasteiger partial charge in [-0.15, -0.1) is 0 Å². The molecule has 0 amide bonds. The number of phenols is 1. The van der Waals surface area contributed by atoms with Crippen LogP contribution in [0.25, 0.3) is 0 Å². The van der Waals surface area contributed by atoms with Crippen molar-refractivity contribution in [1.29, 1.82) is 0 Å². The highest BCUT2D eigenvalue weighted by molar-refractivity contribution is 5.74. The first-order valence-electron chi connectivity index (χ1n) is 4.58. The second-order valence-electron chi connectivity index (χ2n) is 3.25. The van der Waals surface area contributed by atoms with Gasteiger partial charge in [0.25, 0.3) is 5.75 Å². The normalized spacial score (nSPS) is 9.83. The summed E-state index contributed by atoms with van der Waals surface area (Å²) in [5.41, 5.74) is -1.65. The molecule has 0 spiro atoms. The number of ether oxygens (including phenoxy) is 1. The monoisotopic (exact) mass is 256 g/mol. The van der Waals surface area contributed by atoms with E-state index in [4.69, 9.17) is 0 Å². The van der Waals surface area contributed by atoms with E-state index in [1.54, 1.807) is 0 Å². The maximum absolute atomic E-state index is 11.0. The van der Waals surface area contributed by atoms with E-state index >= 15 is 0 Å². The van der Waals surface area contributed by atoms with Crippen molar-refractivity contribution < 1.29 is 24.5 Å². The zero-order valence-electron chi connectivity index (χ0n) is 9.15. The Bertz CT molecular complexity index is 491. The molecule has 0 aliphatic carbocycles. The van der Waals surface area contributed by atoms with E-state index < -0.39 is 32.9 Å². The highest BCUT2D eigenvalue weighted by Gasteiger charge is 2.26. The van der Waals surface area contributed by atoms with Crippen molar-refractivity contribution in [2.45, 2.75) is 6.42 Å². The van der Waals surface area contributed by atoms with Gasteiger partial charge in [-0.25, -0.2) is 0 Å². The number of nitro groups is 2. The summed E-state index contributed by atoms with van der Waals surface area (Å²) in [5.74, 6) is -1.75. The molecule has 0 saturated carbocycles. The summed E-state index contributed by atoms with van der Waals surface area (Å²) < 4.78 is 4.34. The van der Waals surface area contributed by atoms with Crippen LogP contribution in [0, 0.1) is 20.2 Å². The third-order valence-electron chi connectivity index (χ3n) is 2.10. The molecular weight excluding hydrogens is 248 g/mol. The molecule has 0 radical (unpaired) electrons. The molecule has 1 rings (SSSR count). The molecule has 96 valence electrons. The average molecular weight is 256 g/mol. The predicted octanol–water partition coefficient (Wildman–Crippen LogP) is 0.924. The van der Waals surface area contributed by atoms with Crippen LogP contribution in [0.5, 0.6) is 5.75 Å². The van der Waals surface area contributed by atoms with Gasteiger partial charge in [0.05, 0.1) is 23.4 Å². The van der Waals surface area contributed by atoms with E-state index in [-0.39, 0.29) is 12.0 Å². The lowest BCUT2D eigenvalue weighted by Crippen LogP contribution is -2.05. The second kappa shape index (κ2) is 5.08. The summed E-state index contributed by atoms with van der Waals surface area (Å²) in [7, 11) is 1.12. The fraction of sp³-hybridized carbons (Fsp3) is 0.222. The zero-order chi connectivity index (χ0) is 13.9. The van der Waals surface area contributed by atoms with Crippen LogP contribution in [0.15, 0.2) is 12.1 Å². The molecule has 1 aromatic carbocycles. The van der Waals surface area contributed by atoms with Crippen molar-refractivity contribution in [3.05, 3.63) is 37.9 Å². The molecule has 1 aromatic rings. The van der Waals surface area contributed by atoms with Crippen molar-refractivity contribution in [2.75, 3.05) is 7.11 Å². The molecule has 0 aliphatic rings. The first-order valence-corrected chi connectivity index (χ1v) is 4.58. The van der Waals surface area contributed by atoms with Gasteiger partial charge in [0.2, 0.25) is 0 Å². The van der Waals surface area contributed by atoms with Gasteiger partial charge in [0, 0.05) is 12.1 Å². The van der Waals surface area contributed by atoms with Gasteiger partial charge in [0.15, 0.2) is 0 Å². The van der Waals surface area contributed by atoms with Gasteiger partial charge in [-0.1, -0.05) is 0 Å². The summed E-state index contributed by atoms with van der Waals surface area (Å²) in [4.78, 5) is 30.3. The molecule has 0 saturated heterocycles. The van der Waals surface area contributed by atoms with Crippen LogP contribution in [0.4, 0.5) is 11.4 Å². The smallest absolute Gasteiger partial charge is 0.318 e. The van der Waals surface area contributed by atoms with E-state index in [1.807, 2.05) is 0 Å². The lowest BCUT2D eigenvalue weighted by molar-refractivity contribution is -0.396. The molecule has 0 atom stereocenters. The Morgan fingerprint density at radius 2 is 1.72 bits per heavy atom. The van der Waals surface area contributed by atoms with E-state index in [0.29, 0.717) is 0 Å². The third kappa shape index (κ3) is 2.70. The van der Waals surface area contributed by atoms with Crippen LogP contribution in [-0.4, -0.2) is 28.0 Å². The Balaban J connectivity index is 3.33. The summed E-state index contributed by atoms with van der Waals surface area (Å²) in [6, 6.07) is 1.78. The fourth-order valence-electron chi connectivity index (χ4n) is 1.28. The molecule has 0 fully saturated rings. The molecule has 0 aliphatic heterocycles. The molecule has 9 nitrogen and oxygen atoms in total. The molecule has 1 N–H and O–H groups in total. The highest BCUT2D eigenvalue weighted by Crippen LogP contribution is 2.36. The number of esters is 1. The Hall–Kier alpha value is -2.71. The summed E-state index contributed by atoms with van der Waals surface area (Å²) >= 11 is 0. The predicted molar refractivity (Wildman–Crippen MR) is 57.1 cm³/mol. The Labute approximate surface area is 99.9 Å². The number of rotatable bonds is 4. The molecular formula is C9H8N2O7. The zero-order valence-corrected chi connectivity index (χ0v) is 9.15. The van der Waals surface area contributed by atoms with Gasteiger partial charge < -0.3 is 9.84 Å². The molecule has 0 aromatic heterocycles. The van der Waals surface area contributed by atoms with Crippen LogP contribution >= 0.6 is 0 Å². The standard InChI is InChI=1S/C9H8N2O7/c1-18-8(12)4-5-2-6(10(14)15)9(13)7(3-5)11(16)17/h2-3,13H,4H2,1H3. The molecule has 0 unspecified atom stereocenters. The summed E-state index contributed by atoms with van der Waals surface area (Å²) in [6.07, 6.45) is -0.363. The topological polar surface area (TPSA) is 133 Å². The minimum atomic E-state index is -1.04. The minimum absolute atomic E-state index is 0.0121. The van der Waals surface area contributed by atoms with Gasteiger partial charge in [-0.2, -0.15) is 0 Å². The number of benzene rings is 1. The van der Waals surface area contributed by atoms with Crippen LogP contribution in [0.2, 0.25) is 0 Å². The van der Waals surface area contributed by atoms with Gasteiger partial charge in [0.1, 0.15) is 0 Å². The first kappa shape index (κ1) is 13.4. The number of nitro benzene ring substituents is 2. The number of carbonyl (C=O) groups excluding carboxylic acids is 1. The molecule has 9 heteroatoms. The number of methoxy groups -OCH3 is 1. The number of hydrogen-bond acceptors (Lipinski definition) is 7. The van der Waals surface area contributed by atoms with Crippen LogP contribution in [0.3, 0.4) is 0 Å². The van der Waals surface area contributed by atoms with Crippen LogP contribution in [0.1, 0.15) is 5.56 Å². The lowest BCUT2D eigenvalue weighted by Gasteiger charge is -2.02. The van der Waals surface area contributed by atoms with Crippen LogP contribution < -0.4 is 0 Å². The van der Waals surface area contributed by atoms with Gasteiger partial charge >= 0.3 is 17.3 Å². The molecule has 0 bridgehead atoms. The fourth-order valence-corrected chi connectivity index (χ4v) is 1.28. The van der Waals surface area contributed by atoms with E-state index in [1.165, 1.54) is 0 Å². The Morgan fingerprint density at radius 1 is 1.28 bits per heavy atom. The quantitative estimate of drug-likeness (QED) is 0.481. The summed E-state index contributed by atoms with van der Waals surface area (Å²) in [5, 5.41) is 30.6. The average Bonchev–Trinajstić information content (AvgIpc) is 2.30. The summed E-state index contributed by atoms with van der Waals surface area (Å²) in [6.45, 7) is 0. The largest absolute Gasteiger partial charge is 0.497 e. The highest BCUT2D eigenvalue weighted by atomic mass is 16.6. The Morgan fingerprint density at radius 3 is 2.06 bits per heavy atom. The van der Waals surface area contributed by atoms with Gasteiger partial charge in [-0.3, -0.25) is 25.0 Å². The van der Waals surface area contributed by atoms with Crippen molar-refractivity contribution >= 4 is 17.3 Å². The number of hydrogen-bond donors (Lipinski definition) is 1. The van der Waals surface area contributed by atoms with E-state index in [9.17, 15) is 30.1 Å². The molecule has 18 heavy (non-hydrogen) atoms. The maximum Gasteiger partial charge on any atom is 0.318 e. The first-order chi connectivity index (χ1) is 8.36. The van der Waals surface area contributed by atoms with Gasteiger partial charge in [-0.05, 0) is 5.56 Å². The van der Waals surface area contributed by atoms with Crippen molar-refractivity contribution in [3.63, 3.8) is 0 Å². The number of aromatic hydroxyl groups is 1. The SMILES string of the molecule is COC(=O)Cc1cc([N+](=O)[O-])c(O)c([N+](=O)[O-])c1. The lowest BCUT2D eigenvalue weighted by atomic mass is 10.1. The van der Waals surface area contributed by atoms with Crippen molar-refractivity contribution in [3.8, 4) is 5.75 Å². The Kier molecular flexibility index (Phi) is 3.77. The van der Waals surface area contributed by atoms with Crippen molar-refractivity contribution in [2.24, 2.45) is 0 Å². The van der Waals surface area contributed by atoms with Crippen molar-refractivity contribution in [1.82, 2.24) is 0 Å². The maximum atomic E-state index is 11.0. The third-order valence-corrected chi connectivity index (χ3v) is 2.10. The number of nitrogens with zero attached hydrogens (tertiary/aromatic N) is 2. The number of carbonyl (C=O) groups is 1. The van der Waals surface area contributed by atoms with E-state index in [0.717, 1.165) is 19.2 Å².